The quantitative estimate of drug-likeness (QED) is 0.894. The number of carboxylic acids is 1. The second kappa shape index (κ2) is 6.07. The molecule has 0 unspecified atom stereocenters. The smallest absolute Gasteiger partial charge is 0.335 e. The molecule has 3 rings (SSSR count). The minimum absolute atomic E-state index is 0.153. The van der Waals surface area contributed by atoms with Crippen LogP contribution < -0.4 is 0 Å². The Kier molecular flexibility index (Phi) is 3.98. The number of hydrogen-bond donors (Lipinski definition) is 2. The van der Waals surface area contributed by atoms with Gasteiger partial charge in [0.25, 0.3) is 0 Å². The molecule has 2 heterocycles. The predicted molar refractivity (Wildman–Crippen MR) is 76.0 cm³/mol. The largest absolute Gasteiger partial charge is 0.478 e. The Morgan fingerprint density at radius 3 is 2.86 bits per heavy atom. The van der Waals surface area contributed by atoms with Crippen LogP contribution in [-0.2, 0) is 11.3 Å². The van der Waals surface area contributed by atoms with Gasteiger partial charge in [0, 0.05) is 19.3 Å². The molecule has 0 bridgehead atoms. The number of rotatable bonds is 4. The van der Waals surface area contributed by atoms with Crippen molar-refractivity contribution in [1.29, 1.82) is 0 Å². The van der Waals surface area contributed by atoms with E-state index in [9.17, 15) is 4.79 Å². The van der Waals surface area contributed by atoms with E-state index in [1.165, 1.54) is 0 Å². The van der Waals surface area contributed by atoms with E-state index in [2.05, 4.69) is 15.1 Å². The van der Waals surface area contributed by atoms with Crippen LogP contribution in [0.1, 0.15) is 27.7 Å². The molecule has 1 atom stereocenters. The first-order valence-electron chi connectivity index (χ1n) is 6.87. The molecule has 1 aliphatic rings. The van der Waals surface area contributed by atoms with Crippen LogP contribution in [-0.4, -0.2) is 45.9 Å². The number of aromatic amines is 1. The van der Waals surface area contributed by atoms with Crippen molar-refractivity contribution in [2.75, 3.05) is 19.8 Å². The molecule has 6 heteroatoms. The molecule has 1 aromatic heterocycles. The highest BCUT2D eigenvalue weighted by molar-refractivity contribution is 5.87. The molecule has 2 aromatic rings. The molecule has 0 aliphatic carbocycles. The molecule has 110 valence electrons. The number of nitrogens with one attached hydrogen (secondary N) is 1. The Balaban J connectivity index is 1.74. The Hall–Kier alpha value is -2.18. The zero-order valence-corrected chi connectivity index (χ0v) is 11.5. The molecule has 1 saturated heterocycles. The van der Waals surface area contributed by atoms with Crippen LogP contribution >= 0.6 is 0 Å². The maximum atomic E-state index is 10.9. The summed E-state index contributed by atoms with van der Waals surface area (Å²) in [5.41, 5.74) is 2.44. The number of hydrogen-bond acceptors (Lipinski definition) is 4. The minimum Gasteiger partial charge on any atom is -0.478 e. The molecule has 21 heavy (non-hydrogen) atoms. The number of benzene rings is 1. The van der Waals surface area contributed by atoms with Crippen molar-refractivity contribution in [2.24, 2.45) is 0 Å². The lowest BCUT2D eigenvalue weighted by molar-refractivity contribution is -0.0142. The van der Waals surface area contributed by atoms with E-state index < -0.39 is 5.97 Å². The third-order valence-electron chi connectivity index (χ3n) is 3.71. The summed E-state index contributed by atoms with van der Waals surface area (Å²) in [7, 11) is 0. The average molecular weight is 287 g/mol. The predicted octanol–water partition coefficient (Wildman–Crippen LogP) is 1.68. The summed E-state index contributed by atoms with van der Waals surface area (Å²) in [6.07, 6.45) is 1.74. The third kappa shape index (κ3) is 3.12. The number of nitrogens with zero attached hydrogens (tertiary/aromatic N) is 2. The molecular formula is C15H17N3O3. The first-order valence-corrected chi connectivity index (χ1v) is 6.87. The van der Waals surface area contributed by atoms with Gasteiger partial charge >= 0.3 is 5.97 Å². The molecule has 1 fully saturated rings. The van der Waals surface area contributed by atoms with E-state index in [1.807, 2.05) is 18.2 Å². The average Bonchev–Trinajstić information content (AvgIpc) is 3.02. The van der Waals surface area contributed by atoms with Gasteiger partial charge < -0.3 is 9.84 Å². The zero-order valence-electron chi connectivity index (χ0n) is 11.5. The lowest BCUT2D eigenvalue weighted by Gasteiger charge is -2.34. The first-order chi connectivity index (χ1) is 10.2. The number of aromatic nitrogens is 2. The second-order valence-corrected chi connectivity index (χ2v) is 5.08. The van der Waals surface area contributed by atoms with Crippen molar-refractivity contribution >= 4 is 5.97 Å². The summed E-state index contributed by atoms with van der Waals surface area (Å²) in [4.78, 5) is 13.2. The minimum atomic E-state index is -0.900. The van der Waals surface area contributed by atoms with Gasteiger partial charge in [-0.05, 0) is 23.8 Å². The summed E-state index contributed by atoms with van der Waals surface area (Å²) in [5.74, 6) is -0.900. The van der Waals surface area contributed by atoms with Gasteiger partial charge in [-0.25, -0.2) is 4.79 Å². The molecule has 6 nitrogen and oxygen atoms in total. The SMILES string of the molecule is O=C(O)c1ccc(CN2CCOC[C@H]2c2ccn[nH]2)cc1. The molecule has 0 amide bonds. The second-order valence-electron chi connectivity index (χ2n) is 5.08. The molecular weight excluding hydrogens is 270 g/mol. The number of carboxylic acid groups (broad SMARTS) is 1. The fraction of sp³-hybridized carbons (Fsp3) is 0.333. The Labute approximate surface area is 122 Å². The van der Waals surface area contributed by atoms with Gasteiger partial charge in [-0.15, -0.1) is 0 Å². The fourth-order valence-electron chi connectivity index (χ4n) is 2.55. The highest BCUT2D eigenvalue weighted by Crippen LogP contribution is 2.24. The Morgan fingerprint density at radius 2 is 2.19 bits per heavy atom. The summed E-state index contributed by atoms with van der Waals surface area (Å²) in [5, 5.41) is 15.9. The molecule has 1 aliphatic heterocycles. The summed E-state index contributed by atoms with van der Waals surface area (Å²) in [6.45, 7) is 2.94. The molecule has 0 radical (unpaired) electrons. The number of aromatic carboxylic acids is 1. The van der Waals surface area contributed by atoms with Crippen molar-refractivity contribution < 1.29 is 14.6 Å². The van der Waals surface area contributed by atoms with Gasteiger partial charge in [-0.3, -0.25) is 10.00 Å². The van der Waals surface area contributed by atoms with Crippen molar-refractivity contribution in [3.63, 3.8) is 0 Å². The van der Waals surface area contributed by atoms with Gasteiger partial charge in [-0.1, -0.05) is 12.1 Å². The van der Waals surface area contributed by atoms with Gasteiger partial charge in [0.1, 0.15) is 0 Å². The Morgan fingerprint density at radius 1 is 1.38 bits per heavy atom. The van der Waals surface area contributed by atoms with Crippen LogP contribution in [0.15, 0.2) is 36.5 Å². The molecule has 0 saturated carbocycles. The highest BCUT2D eigenvalue weighted by Gasteiger charge is 2.25. The van der Waals surface area contributed by atoms with E-state index in [4.69, 9.17) is 9.84 Å². The van der Waals surface area contributed by atoms with Crippen LogP contribution in [0.3, 0.4) is 0 Å². The fourth-order valence-corrected chi connectivity index (χ4v) is 2.55. The third-order valence-corrected chi connectivity index (χ3v) is 3.71. The van der Waals surface area contributed by atoms with Crippen molar-refractivity contribution in [1.82, 2.24) is 15.1 Å². The number of morpholine rings is 1. The lowest BCUT2D eigenvalue weighted by Crippen LogP contribution is -2.39. The zero-order chi connectivity index (χ0) is 14.7. The highest BCUT2D eigenvalue weighted by atomic mass is 16.5. The van der Waals surface area contributed by atoms with E-state index in [0.717, 1.165) is 24.3 Å². The van der Waals surface area contributed by atoms with E-state index in [1.54, 1.807) is 18.3 Å². The maximum absolute atomic E-state index is 10.9. The van der Waals surface area contributed by atoms with Crippen LogP contribution in [0.25, 0.3) is 0 Å². The molecule has 1 aromatic carbocycles. The standard InChI is InChI=1S/C15H17N3O3/c19-15(20)12-3-1-11(2-4-12)9-18-7-8-21-10-14(18)13-5-6-16-17-13/h1-6,14H,7-10H2,(H,16,17)(H,19,20)/t14-/m0/s1. The number of carbonyl (C=O) groups is 1. The molecule has 0 spiro atoms. The van der Waals surface area contributed by atoms with Crippen molar-refractivity contribution in [2.45, 2.75) is 12.6 Å². The van der Waals surface area contributed by atoms with Crippen LogP contribution in [0.2, 0.25) is 0 Å². The van der Waals surface area contributed by atoms with E-state index in [-0.39, 0.29) is 6.04 Å². The normalized spacial score (nSPS) is 19.5. The monoisotopic (exact) mass is 287 g/mol. The van der Waals surface area contributed by atoms with Crippen LogP contribution in [0.5, 0.6) is 0 Å². The van der Waals surface area contributed by atoms with E-state index >= 15 is 0 Å². The summed E-state index contributed by atoms with van der Waals surface area (Å²) < 4.78 is 5.56. The topological polar surface area (TPSA) is 78.4 Å². The van der Waals surface area contributed by atoms with Gasteiger partial charge in [-0.2, -0.15) is 5.10 Å². The van der Waals surface area contributed by atoms with E-state index in [0.29, 0.717) is 18.8 Å². The van der Waals surface area contributed by atoms with Gasteiger partial charge in [0.2, 0.25) is 0 Å². The number of ether oxygens (including phenoxy) is 1. The van der Waals surface area contributed by atoms with Crippen LogP contribution in [0.4, 0.5) is 0 Å². The Bertz CT molecular complexity index is 595. The van der Waals surface area contributed by atoms with Gasteiger partial charge in [0.15, 0.2) is 0 Å². The first kappa shape index (κ1) is 13.8. The summed E-state index contributed by atoms with van der Waals surface area (Å²) >= 11 is 0. The van der Waals surface area contributed by atoms with Crippen molar-refractivity contribution in [3.05, 3.63) is 53.3 Å². The van der Waals surface area contributed by atoms with Crippen molar-refractivity contribution in [3.8, 4) is 0 Å². The summed E-state index contributed by atoms with van der Waals surface area (Å²) in [6, 6.07) is 9.12. The molecule has 2 N–H and O–H groups in total. The number of H-pyrrole nitrogens is 1. The lowest BCUT2D eigenvalue weighted by atomic mass is 10.1. The maximum Gasteiger partial charge on any atom is 0.335 e. The van der Waals surface area contributed by atoms with Crippen LogP contribution in [0, 0.1) is 0 Å². The van der Waals surface area contributed by atoms with Gasteiger partial charge in [0.05, 0.1) is 30.5 Å².